The molecule has 0 bridgehead atoms. The first-order valence-corrected chi connectivity index (χ1v) is 10.2. The molecule has 0 aliphatic carbocycles. The fourth-order valence-electron chi connectivity index (χ4n) is 3.31. The Bertz CT molecular complexity index is 937. The molecule has 2 aromatic rings. The van der Waals surface area contributed by atoms with Crippen molar-refractivity contribution in [1.29, 1.82) is 0 Å². The van der Waals surface area contributed by atoms with Gasteiger partial charge in [0.2, 0.25) is 10.0 Å². The largest absolute Gasteiger partial charge is 0.493 e. The van der Waals surface area contributed by atoms with Crippen molar-refractivity contribution >= 4 is 15.8 Å². The lowest BCUT2D eigenvalue weighted by atomic mass is 10.0. The summed E-state index contributed by atoms with van der Waals surface area (Å²) in [4.78, 5) is 13.0. The summed E-state index contributed by atoms with van der Waals surface area (Å²) in [6.45, 7) is 2.26. The van der Waals surface area contributed by atoms with E-state index in [9.17, 15) is 13.2 Å². The van der Waals surface area contributed by atoms with Gasteiger partial charge in [0.1, 0.15) is 0 Å². The van der Waals surface area contributed by atoms with E-state index in [1.54, 1.807) is 18.2 Å². The van der Waals surface area contributed by atoms with Crippen LogP contribution in [0.15, 0.2) is 47.4 Å². The van der Waals surface area contributed by atoms with Gasteiger partial charge in [0.05, 0.1) is 25.2 Å². The summed E-state index contributed by atoms with van der Waals surface area (Å²) in [6, 6.07) is 11.0. The summed E-state index contributed by atoms with van der Waals surface area (Å²) in [5.74, 6) is 0.612. The number of benzene rings is 2. The fraction of sp³-hybridized carbons (Fsp3) is 0.350. The Morgan fingerprint density at radius 1 is 1.04 bits per heavy atom. The second-order valence-corrected chi connectivity index (χ2v) is 8.41. The lowest BCUT2D eigenvalue weighted by Gasteiger charge is -2.23. The lowest BCUT2D eigenvalue weighted by Crippen LogP contribution is -2.40. The molecule has 1 unspecified atom stereocenters. The van der Waals surface area contributed by atoms with Gasteiger partial charge in [-0.1, -0.05) is 29.8 Å². The summed E-state index contributed by atoms with van der Waals surface area (Å²) in [5.41, 5.74) is 1.58. The molecule has 144 valence electrons. The van der Waals surface area contributed by atoms with Crippen LogP contribution in [0, 0.1) is 6.92 Å². The van der Waals surface area contributed by atoms with Gasteiger partial charge >= 0.3 is 0 Å². The van der Waals surface area contributed by atoms with Crippen LogP contribution in [0.3, 0.4) is 0 Å². The number of methoxy groups -OCH3 is 2. The van der Waals surface area contributed by atoms with Gasteiger partial charge in [-0.05, 0) is 31.9 Å². The Kier molecular flexibility index (Phi) is 5.53. The number of Topliss-reactive ketones (excluding diaryl/α,β-unsaturated/α-hetero) is 1. The molecule has 1 fully saturated rings. The van der Waals surface area contributed by atoms with Gasteiger partial charge in [0, 0.05) is 18.2 Å². The predicted molar refractivity (Wildman–Crippen MR) is 102 cm³/mol. The second kappa shape index (κ2) is 7.70. The standard InChI is InChI=1S/C20H23NO5S/c1-14-6-8-15(9-7-14)20(22)17-5-4-12-21(17)27(23,24)16-10-11-18(25-2)19(13-16)26-3/h6-11,13,17H,4-5,12H2,1-3H3. The second-order valence-electron chi connectivity index (χ2n) is 6.52. The highest BCUT2D eigenvalue weighted by atomic mass is 32.2. The maximum Gasteiger partial charge on any atom is 0.243 e. The van der Waals surface area contributed by atoms with Crippen molar-refractivity contribution in [1.82, 2.24) is 4.31 Å². The molecule has 0 spiro atoms. The average molecular weight is 389 g/mol. The quantitative estimate of drug-likeness (QED) is 0.710. The van der Waals surface area contributed by atoms with Crippen LogP contribution in [0.2, 0.25) is 0 Å². The zero-order valence-electron chi connectivity index (χ0n) is 15.6. The summed E-state index contributed by atoms with van der Waals surface area (Å²) >= 11 is 0. The zero-order chi connectivity index (χ0) is 19.6. The van der Waals surface area contributed by atoms with E-state index in [1.165, 1.54) is 30.7 Å². The van der Waals surface area contributed by atoms with Gasteiger partial charge in [-0.2, -0.15) is 4.31 Å². The Morgan fingerprint density at radius 3 is 2.33 bits per heavy atom. The third-order valence-electron chi connectivity index (χ3n) is 4.80. The highest BCUT2D eigenvalue weighted by molar-refractivity contribution is 7.89. The molecule has 0 saturated carbocycles. The highest BCUT2D eigenvalue weighted by Gasteiger charge is 2.39. The normalized spacial score (nSPS) is 17.7. The van der Waals surface area contributed by atoms with Crippen LogP contribution in [-0.2, 0) is 10.0 Å². The number of ketones is 1. The maximum absolute atomic E-state index is 13.2. The molecule has 1 aliphatic rings. The minimum Gasteiger partial charge on any atom is -0.493 e. The molecule has 1 aliphatic heterocycles. The van der Waals surface area contributed by atoms with E-state index in [2.05, 4.69) is 0 Å². The zero-order valence-corrected chi connectivity index (χ0v) is 16.5. The molecule has 1 saturated heterocycles. The van der Waals surface area contributed by atoms with Crippen LogP contribution in [0.25, 0.3) is 0 Å². The Labute approximate surface area is 159 Å². The van der Waals surface area contributed by atoms with Crippen molar-refractivity contribution in [2.45, 2.75) is 30.7 Å². The first-order valence-electron chi connectivity index (χ1n) is 8.73. The summed E-state index contributed by atoms with van der Waals surface area (Å²) < 4.78 is 38.0. The van der Waals surface area contributed by atoms with Crippen molar-refractivity contribution < 1.29 is 22.7 Å². The first kappa shape index (κ1) is 19.4. The Balaban J connectivity index is 1.93. The van der Waals surface area contributed by atoms with Crippen LogP contribution >= 0.6 is 0 Å². The number of ether oxygens (including phenoxy) is 2. The molecule has 0 amide bonds. The lowest BCUT2D eigenvalue weighted by molar-refractivity contribution is 0.0918. The number of carbonyl (C=O) groups is 1. The van der Waals surface area contributed by atoms with Gasteiger partial charge in [0.15, 0.2) is 17.3 Å². The SMILES string of the molecule is COc1ccc(S(=O)(=O)N2CCCC2C(=O)c2ccc(C)cc2)cc1OC. The third-order valence-corrected chi connectivity index (χ3v) is 6.71. The van der Waals surface area contributed by atoms with E-state index in [0.29, 0.717) is 36.4 Å². The number of rotatable bonds is 6. The van der Waals surface area contributed by atoms with Crippen LogP contribution in [0.1, 0.15) is 28.8 Å². The van der Waals surface area contributed by atoms with E-state index >= 15 is 0 Å². The predicted octanol–water partition coefficient (Wildman–Crippen LogP) is 3.05. The Hall–Kier alpha value is -2.38. The van der Waals surface area contributed by atoms with E-state index in [1.807, 2.05) is 19.1 Å². The molecular formula is C20H23NO5S. The number of hydrogen-bond donors (Lipinski definition) is 0. The van der Waals surface area contributed by atoms with Gasteiger partial charge < -0.3 is 9.47 Å². The maximum atomic E-state index is 13.2. The molecule has 7 heteroatoms. The van der Waals surface area contributed by atoms with Gasteiger partial charge in [-0.15, -0.1) is 0 Å². The molecule has 1 atom stereocenters. The number of carbonyl (C=O) groups excluding carboxylic acids is 1. The molecule has 1 heterocycles. The van der Waals surface area contributed by atoms with Crippen molar-refractivity contribution in [2.75, 3.05) is 20.8 Å². The molecule has 0 radical (unpaired) electrons. The van der Waals surface area contributed by atoms with E-state index in [0.717, 1.165) is 5.56 Å². The first-order chi connectivity index (χ1) is 12.9. The molecular weight excluding hydrogens is 366 g/mol. The van der Waals surface area contributed by atoms with Crippen molar-refractivity contribution in [2.24, 2.45) is 0 Å². The molecule has 0 aromatic heterocycles. The minimum absolute atomic E-state index is 0.0868. The summed E-state index contributed by atoms with van der Waals surface area (Å²) in [5, 5.41) is 0. The van der Waals surface area contributed by atoms with Crippen LogP contribution in [0.5, 0.6) is 11.5 Å². The molecule has 27 heavy (non-hydrogen) atoms. The van der Waals surface area contributed by atoms with E-state index in [-0.39, 0.29) is 10.7 Å². The van der Waals surface area contributed by atoms with Gasteiger partial charge in [-0.3, -0.25) is 4.79 Å². The molecule has 6 nitrogen and oxygen atoms in total. The van der Waals surface area contributed by atoms with Crippen LogP contribution in [0.4, 0.5) is 0 Å². The Morgan fingerprint density at radius 2 is 1.70 bits per heavy atom. The number of nitrogens with zero attached hydrogens (tertiary/aromatic N) is 1. The summed E-state index contributed by atoms with van der Waals surface area (Å²) in [7, 11) is -0.889. The van der Waals surface area contributed by atoms with Gasteiger partial charge in [-0.25, -0.2) is 8.42 Å². The van der Waals surface area contributed by atoms with E-state index < -0.39 is 16.1 Å². The highest BCUT2D eigenvalue weighted by Crippen LogP contribution is 2.33. The monoisotopic (exact) mass is 389 g/mol. The van der Waals surface area contributed by atoms with Crippen LogP contribution in [-0.4, -0.2) is 45.3 Å². The van der Waals surface area contributed by atoms with Crippen LogP contribution < -0.4 is 9.47 Å². The fourth-order valence-corrected chi connectivity index (χ4v) is 4.98. The van der Waals surface area contributed by atoms with Gasteiger partial charge in [0.25, 0.3) is 0 Å². The minimum atomic E-state index is -3.83. The molecule has 2 aromatic carbocycles. The number of hydrogen-bond acceptors (Lipinski definition) is 5. The topological polar surface area (TPSA) is 72.9 Å². The average Bonchev–Trinajstić information content (AvgIpc) is 3.18. The third kappa shape index (κ3) is 3.70. The smallest absolute Gasteiger partial charge is 0.243 e. The number of sulfonamides is 1. The van der Waals surface area contributed by atoms with E-state index in [4.69, 9.17) is 9.47 Å². The van der Waals surface area contributed by atoms with Crippen molar-refractivity contribution in [3.63, 3.8) is 0 Å². The molecule has 3 rings (SSSR count). The molecule has 0 N–H and O–H groups in total. The van der Waals surface area contributed by atoms with Crippen molar-refractivity contribution in [3.8, 4) is 11.5 Å². The summed E-state index contributed by atoms with van der Waals surface area (Å²) in [6.07, 6.45) is 1.16. The van der Waals surface area contributed by atoms with Crippen molar-refractivity contribution in [3.05, 3.63) is 53.6 Å². The number of aryl methyl sites for hydroxylation is 1.